The maximum Gasteiger partial charge on any atom is 0.317 e. The topological polar surface area (TPSA) is 61.4 Å². The molecule has 5 heteroatoms. The number of amides is 3. The predicted octanol–water partition coefficient (Wildman–Crippen LogP) is 0.340. The Labute approximate surface area is 95.9 Å². The molecule has 0 aromatic heterocycles. The maximum atomic E-state index is 11.6. The van der Waals surface area contributed by atoms with Crippen molar-refractivity contribution < 1.29 is 9.59 Å². The Morgan fingerprint density at radius 2 is 2.25 bits per heavy atom. The minimum absolute atomic E-state index is 0.0501. The molecule has 1 saturated heterocycles. The Morgan fingerprint density at radius 3 is 2.81 bits per heavy atom. The molecule has 2 N–H and O–H groups in total. The summed E-state index contributed by atoms with van der Waals surface area (Å²) < 4.78 is 0. The molecule has 0 aliphatic carbocycles. The molecule has 3 amide bonds. The van der Waals surface area contributed by atoms with Crippen LogP contribution < -0.4 is 10.6 Å². The lowest BCUT2D eigenvalue weighted by molar-refractivity contribution is -0.116. The van der Waals surface area contributed by atoms with Crippen LogP contribution in [0.15, 0.2) is 12.2 Å². The van der Waals surface area contributed by atoms with Gasteiger partial charge in [0.15, 0.2) is 0 Å². The van der Waals surface area contributed by atoms with E-state index in [0.29, 0.717) is 12.5 Å². The van der Waals surface area contributed by atoms with E-state index >= 15 is 0 Å². The fourth-order valence-corrected chi connectivity index (χ4v) is 1.63. The van der Waals surface area contributed by atoms with Crippen LogP contribution in [0.5, 0.6) is 0 Å². The first-order valence-corrected chi connectivity index (χ1v) is 5.54. The van der Waals surface area contributed by atoms with Crippen molar-refractivity contribution >= 4 is 11.9 Å². The highest BCUT2D eigenvalue weighted by Crippen LogP contribution is 2.14. The van der Waals surface area contributed by atoms with E-state index in [-0.39, 0.29) is 11.9 Å². The molecule has 16 heavy (non-hydrogen) atoms. The summed E-state index contributed by atoms with van der Waals surface area (Å²) in [6.07, 6.45) is 4.12. The van der Waals surface area contributed by atoms with Crippen LogP contribution in [0.3, 0.4) is 0 Å². The molecule has 1 fully saturated rings. The molecule has 90 valence electrons. The SMILES string of the molecule is CNC(=O)/C=C/CNC(=O)N1CCC(C)C1. The molecule has 1 rings (SSSR count). The molecule has 5 nitrogen and oxygen atoms in total. The summed E-state index contributed by atoms with van der Waals surface area (Å²) in [7, 11) is 1.57. The van der Waals surface area contributed by atoms with E-state index in [9.17, 15) is 9.59 Å². The Balaban J connectivity index is 2.20. The highest BCUT2D eigenvalue weighted by molar-refractivity contribution is 5.87. The zero-order chi connectivity index (χ0) is 12.0. The molecule has 0 saturated carbocycles. The van der Waals surface area contributed by atoms with Gasteiger partial charge in [0.2, 0.25) is 5.91 Å². The van der Waals surface area contributed by atoms with Gasteiger partial charge in [0.1, 0.15) is 0 Å². The predicted molar refractivity (Wildman–Crippen MR) is 62.0 cm³/mol. The van der Waals surface area contributed by atoms with Crippen LogP contribution in [-0.2, 0) is 4.79 Å². The lowest BCUT2D eigenvalue weighted by Gasteiger charge is -2.15. The lowest BCUT2D eigenvalue weighted by atomic mass is 10.2. The minimum Gasteiger partial charge on any atom is -0.356 e. The first-order chi connectivity index (χ1) is 7.63. The zero-order valence-electron chi connectivity index (χ0n) is 9.82. The van der Waals surface area contributed by atoms with Gasteiger partial charge in [-0.3, -0.25) is 4.79 Å². The van der Waals surface area contributed by atoms with Gasteiger partial charge in [-0.25, -0.2) is 4.79 Å². The van der Waals surface area contributed by atoms with E-state index in [1.807, 2.05) is 0 Å². The molecule has 0 spiro atoms. The number of hydrogen-bond donors (Lipinski definition) is 2. The third kappa shape index (κ3) is 3.92. The van der Waals surface area contributed by atoms with Gasteiger partial charge in [-0.2, -0.15) is 0 Å². The summed E-state index contributed by atoms with van der Waals surface area (Å²) in [6, 6.07) is -0.0501. The molecule has 0 aromatic carbocycles. The molecule has 0 aromatic rings. The summed E-state index contributed by atoms with van der Waals surface area (Å²) in [5, 5.41) is 5.21. The van der Waals surface area contributed by atoms with Crippen molar-refractivity contribution in [3.63, 3.8) is 0 Å². The van der Waals surface area contributed by atoms with E-state index in [2.05, 4.69) is 17.6 Å². The largest absolute Gasteiger partial charge is 0.356 e. The Morgan fingerprint density at radius 1 is 1.50 bits per heavy atom. The maximum absolute atomic E-state index is 11.6. The number of hydrogen-bond acceptors (Lipinski definition) is 2. The monoisotopic (exact) mass is 225 g/mol. The van der Waals surface area contributed by atoms with Crippen LogP contribution in [0.4, 0.5) is 4.79 Å². The molecular weight excluding hydrogens is 206 g/mol. The average Bonchev–Trinajstić information content (AvgIpc) is 2.70. The second-order valence-electron chi connectivity index (χ2n) is 4.04. The van der Waals surface area contributed by atoms with Gasteiger partial charge in [0.05, 0.1) is 0 Å². The van der Waals surface area contributed by atoms with E-state index in [1.165, 1.54) is 6.08 Å². The van der Waals surface area contributed by atoms with Crippen LogP contribution >= 0.6 is 0 Å². The van der Waals surface area contributed by atoms with Crippen LogP contribution in [0.2, 0.25) is 0 Å². The highest BCUT2D eigenvalue weighted by Gasteiger charge is 2.22. The van der Waals surface area contributed by atoms with Crippen LogP contribution in [0.25, 0.3) is 0 Å². The zero-order valence-corrected chi connectivity index (χ0v) is 9.82. The number of likely N-dealkylation sites (N-methyl/N-ethyl adjacent to an activating group) is 1. The Kier molecular flexibility index (Phi) is 4.82. The molecule has 1 unspecified atom stereocenters. The molecule has 1 heterocycles. The van der Waals surface area contributed by atoms with Crippen LogP contribution in [0.1, 0.15) is 13.3 Å². The number of nitrogens with zero attached hydrogens (tertiary/aromatic N) is 1. The van der Waals surface area contributed by atoms with Crippen molar-refractivity contribution in [1.82, 2.24) is 15.5 Å². The number of likely N-dealkylation sites (tertiary alicyclic amines) is 1. The smallest absolute Gasteiger partial charge is 0.317 e. The van der Waals surface area contributed by atoms with Crippen molar-refractivity contribution in [1.29, 1.82) is 0 Å². The quantitative estimate of drug-likeness (QED) is 0.680. The minimum atomic E-state index is -0.163. The van der Waals surface area contributed by atoms with E-state index in [0.717, 1.165) is 19.5 Å². The second kappa shape index (κ2) is 6.15. The van der Waals surface area contributed by atoms with Crippen LogP contribution in [-0.4, -0.2) is 43.5 Å². The number of rotatable bonds is 3. The fraction of sp³-hybridized carbons (Fsp3) is 0.636. The highest BCUT2D eigenvalue weighted by atomic mass is 16.2. The Bertz CT molecular complexity index is 289. The van der Waals surface area contributed by atoms with Gasteiger partial charge in [-0.15, -0.1) is 0 Å². The average molecular weight is 225 g/mol. The van der Waals surface area contributed by atoms with Crippen molar-refractivity contribution in [3.05, 3.63) is 12.2 Å². The summed E-state index contributed by atoms with van der Waals surface area (Å²) in [5.74, 6) is 0.427. The Hall–Kier alpha value is -1.52. The molecule has 1 atom stereocenters. The molecule has 0 radical (unpaired) electrons. The number of carbonyl (C=O) groups excluding carboxylic acids is 2. The van der Waals surface area contributed by atoms with E-state index in [1.54, 1.807) is 18.0 Å². The van der Waals surface area contributed by atoms with Crippen molar-refractivity contribution in [3.8, 4) is 0 Å². The van der Waals surface area contributed by atoms with Gasteiger partial charge in [0.25, 0.3) is 0 Å². The standard InChI is InChI=1S/C11H19N3O2/c1-9-5-7-14(8-9)11(16)13-6-3-4-10(15)12-2/h3-4,9H,5-8H2,1-2H3,(H,12,15)(H,13,16)/b4-3+. The molecule has 0 bridgehead atoms. The summed E-state index contributed by atoms with van der Waals surface area (Å²) in [6.45, 7) is 4.17. The van der Waals surface area contributed by atoms with Gasteiger partial charge in [-0.05, 0) is 12.3 Å². The van der Waals surface area contributed by atoms with E-state index in [4.69, 9.17) is 0 Å². The summed E-state index contributed by atoms with van der Waals surface area (Å²) in [5.41, 5.74) is 0. The second-order valence-corrected chi connectivity index (χ2v) is 4.04. The van der Waals surface area contributed by atoms with Gasteiger partial charge < -0.3 is 15.5 Å². The first kappa shape index (κ1) is 12.5. The van der Waals surface area contributed by atoms with Crippen molar-refractivity contribution in [2.24, 2.45) is 5.92 Å². The summed E-state index contributed by atoms with van der Waals surface area (Å²) >= 11 is 0. The number of carbonyl (C=O) groups is 2. The molecular formula is C11H19N3O2. The third-order valence-corrected chi connectivity index (χ3v) is 2.60. The lowest BCUT2D eigenvalue weighted by Crippen LogP contribution is -2.38. The molecule has 1 aliphatic heterocycles. The van der Waals surface area contributed by atoms with Crippen LogP contribution in [0, 0.1) is 5.92 Å². The third-order valence-electron chi connectivity index (χ3n) is 2.60. The van der Waals surface area contributed by atoms with Crippen molar-refractivity contribution in [2.75, 3.05) is 26.7 Å². The van der Waals surface area contributed by atoms with Crippen molar-refractivity contribution in [2.45, 2.75) is 13.3 Å². The van der Waals surface area contributed by atoms with E-state index < -0.39 is 0 Å². The van der Waals surface area contributed by atoms with Gasteiger partial charge in [-0.1, -0.05) is 13.0 Å². The number of nitrogens with one attached hydrogen (secondary N) is 2. The summed E-state index contributed by atoms with van der Waals surface area (Å²) in [4.78, 5) is 24.2. The first-order valence-electron chi connectivity index (χ1n) is 5.54. The molecule has 1 aliphatic rings. The number of urea groups is 1. The van der Waals surface area contributed by atoms with Gasteiger partial charge >= 0.3 is 6.03 Å². The normalized spacial score (nSPS) is 20.1. The fourth-order valence-electron chi connectivity index (χ4n) is 1.63. The van der Waals surface area contributed by atoms with Gasteiger partial charge in [0, 0.05) is 32.8 Å².